The average molecular weight is 174 g/mol. The molecule has 0 aliphatic rings. The van der Waals surface area contributed by atoms with Crippen LogP contribution in [0.4, 0.5) is 0 Å². The Kier molecular flexibility index (Phi) is 15.4. The summed E-state index contributed by atoms with van der Waals surface area (Å²) in [5.74, 6) is -2.02. The van der Waals surface area contributed by atoms with Gasteiger partial charge in [-0.25, -0.2) is 4.79 Å². The Hall–Kier alpha value is -0.100. The van der Waals surface area contributed by atoms with E-state index in [9.17, 15) is 4.79 Å². The Morgan fingerprint density at radius 2 is 1.36 bits per heavy atom. The summed E-state index contributed by atoms with van der Waals surface area (Å²) in [6.07, 6.45) is -1.23. The van der Waals surface area contributed by atoms with E-state index in [1.165, 1.54) is 6.92 Å². The van der Waals surface area contributed by atoms with Gasteiger partial charge in [0, 0.05) is 6.92 Å². The summed E-state index contributed by atoms with van der Waals surface area (Å²) in [5.41, 5.74) is 0. The molecule has 1 unspecified atom stereocenters. The summed E-state index contributed by atoms with van der Waals surface area (Å²) >= 11 is 0. The summed E-state index contributed by atoms with van der Waals surface area (Å²) in [7, 11) is 0. The molecule has 0 amide bonds. The van der Waals surface area contributed by atoms with Crippen LogP contribution in [0, 0.1) is 0 Å². The molecular formula is C5H11NaO5. The Morgan fingerprint density at radius 3 is 1.36 bits per heavy atom. The van der Waals surface area contributed by atoms with Crippen LogP contribution in [0.3, 0.4) is 0 Å². The molecule has 0 aliphatic heterocycles. The van der Waals surface area contributed by atoms with Gasteiger partial charge in [0.25, 0.3) is 5.97 Å². The fraction of sp³-hybridized carbons (Fsp3) is 0.600. The van der Waals surface area contributed by atoms with Crippen LogP contribution < -0.4 is 0 Å². The summed E-state index contributed by atoms with van der Waals surface area (Å²) < 4.78 is 0. The number of carbonyl (C=O) groups is 2. The molecule has 0 aromatic carbocycles. The number of hydrogen-bond acceptors (Lipinski definition) is 3. The third kappa shape index (κ3) is 40.6. The van der Waals surface area contributed by atoms with Crippen molar-refractivity contribution in [3.05, 3.63) is 0 Å². The predicted octanol–water partition coefficient (Wildman–Crippen LogP) is -1.11. The topological polar surface area (TPSA) is 94.8 Å². The molecule has 0 fully saturated rings. The van der Waals surface area contributed by atoms with E-state index in [1.807, 2.05) is 0 Å². The van der Waals surface area contributed by atoms with Gasteiger partial charge < -0.3 is 15.3 Å². The van der Waals surface area contributed by atoms with Crippen LogP contribution >= 0.6 is 0 Å². The van der Waals surface area contributed by atoms with Gasteiger partial charge in [-0.2, -0.15) is 0 Å². The van der Waals surface area contributed by atoms with Gasteiger partial charge in [0.1, 0.15) is 6.10 Å². The molecule has 1 atom stereocenters. The minimum atomic E-state index is -1.23. The normalized spacial score (nSPS) is 9.73. The average Bonchev–Trinajstić information content (AvgIpc) is 1.63. The van der Waals surface area contributed by atoms with E-state index >= 15 is 0 Å². The molecule has 0 spiro atoms. The van der Waals surface area contributed by atoms with E-state index in [-0.39, 0.29) is 29.6 Å². The van der Waals surface area contributed by atoms with Crippen LogP contribution in [0.5, 0.6) is 0 Å². The summed E-state index contributed by atoms with van der Waals surface area (Å²) in [4.78, 5) is 18.4. The molecule has 5 nitrogen and oxygen atoms in total. The second-order valence-corrected chi connectivity index (χ2v) is 1.53. The van der Waals surface area contributed by atoms with Crippen LogP contribution in [-0.4, -0.2) is 62.9 Å². The SMILES string of the molecule is CC(=O)O.CC(O)C(=O)O.[NaH]. The van der Waals surface area contributed by atoms with Crippen LogP contribution in [0.2, 0.25) is 0 Å². The molecule has 0 rings (SSSR count). The van der Waals surface area contributed by atoms with Gasteiger partial charge >= 0.3 is 35.5 Å². The molecule has 0 heterocycles. The molecule has 0 aliphatic carbocycles. The molecule has 0 aromatic heterocycles. The molecular weight excluding hydrogens is 163 g/mol. The van der Waals surface area contributed by atoms with Gasteiger partial charge in [-0.1, -0.05) is 0 Å². The zero-order valence-electron chi connectivity index (χ0n) is 5.74. The van der Waals surface area contributed by atoms with Crippen molar-refractivity contribution < 1.29 is 24.9 Å². The number of aliphatic hydroxyl groups excluding tert-OH is 1. The van der Waals surface area contributed by atoms with Gasteiger partial charge in [-0.05, 0) is 6.92 Å². The van der Waals surface area contributed by atoms with Crippen LogP contribution in [0.15, 0.2) is 0 Å². The third-order valence-electron chi connectivity index (χ3n) is 0.357. The fourth-order valence-corrected chi connectivity index (χ4v) is 0. The summed E-state index contributed by atoms with van der Waals surface area (Å²) in [5, 5.41) is 23.2. The monoisotopic (exact) mass is 174 g/mol. The molecule has 0 saturated heterocycles. The van der Waals surface area contributed by atoms with Crippen molar-refractivity contribution in [2.24, 2.45) is 0 Å². The number of rotatable bonds is 1. The summed E-state index contributed by atoms with van der Waals surface area (Å²) in [6.45, 7) is 2.28. The molecule has 11 heavy (non-hydrogen) atoms. The van der Waals surface area contributed by atoms with Crippen LogP contribution in [0.1, 0.15) is 13.8 Å². The standard InChI is InChI=1S/C3H6O3.C2H4O2.Na.H/c1-2(4)3(5)6;1-2(3)4;;/h2,4H,1H3,(H,5,6);1H3,(H,3,4);;. The van der Waals surface area contributed by atoms with Gasteiger partial charge in [0.05, 0.1) is 0 Å². The van der Waals surface area contributed by atoms with Gasteiger partial charge in [-0.15, -0.1) is 0 Å². The molecule has 0 bridgehead atoms. The third-order valence-corrected chi connectivity index (χ3v) is 0.357. The fourth-order valence-electron chi connectivity index (χ4n) is 0. The van der Waals surface area contributed by atoms with E-state index in [0.29, 0.717) is 0 Å². The van der Waals surface area contributed by atoms with Crippen molar-refractivity contribution in [3.63, 3.8) is 0 Å². The van der Waals surface area contributed by atoms with E-state index < -0.39 is 18.0 Å². The van der Waals surface area contributed by atoms with Crippen molar-refractivity contribution in [1.82, 2.24) is 0 Å². The van der Waals surface area contributed by atoms with E-state index in [4.69, 9.17) is 20.1 Å². The Morgan fingerprint density at radius 1 is 1.27 bits per heavy atom. The Bertz CT molecular complexity index is 118. The van der Waals surface area contributed by atoms with E-state index in [2.05, 4.69) is 0 Å². The van der Waals surface area contributed by atoms with Gasteiger partial charge in [-0.3, -0.25) is 4.79 Å². The molecule has 0 saturated carbocycles. The molecule has 0 radical (unpaired) electrons. The molecule has 3 N–H and O–H groups in total. The van der Waals surface area contributed by atoms with Crippen molar-refractivity contribution in [2.75, 3.05) is 0 Å². The van der Waals surface area contributed by atoms with Crippen LogP contribution in [-0.2, 0) is 9.59 Å². The number of aliphatic hydroxyl groups is 1. The maximum absolute atomic E-state index is 9.45. The first-order chi connectivity index (χ1) is 4.37. The number of hydrogen-bond donors (Lipinski definition) is 3. The van der Waals surface area contributed by atoms with Crippen molar-refractivity contribution in [2.45, 2.75) is 20.0 Å². The molecule has 62 valence electrons. The van der Waals surface area contributed by atoms with Crippen LogP contribution in [0.25, 0.3) is 0 Å². The Balaban J connectivity index is -0.000000114. The van der Waals surface area contributed by atoms with Gasteiger partial charge in [0.15, 0.2) is 0 Å². The molecule has 6 heteroatoms. The Labute approximate surface area is 86.3 Å². The zero-order valence-corrected chi connectivity index (χ0v) is 5.74. The number of carboxylic acid groups (broad SMARTS) is 2. The first-order valence-corrected chi connectivity index (χ1v) is 2.48. The second kappa shape index (κ2) is 9.90. The second-order valence-electron chi connectivity index (χ2n) is 1.53. The number of carboxylic acids is 2. The quantitative estimate of drug-likeness (QED) is 0.438. The maximum atomic E-state index is 9.45. The molecule has 0 aromatic rings. The first kappa shape index (κ1) is 17.1. The minimum absolute atomic E-state index is 0. The van der Waals surface area contributed by atoms with E-state index in [1.54, 1.807) is 0 Å². The van der Waals surface area contributed by atoms with Crippen molar-refractivity contribution >= 4 is 41.5 Å². The first-order valence-electron chi connectivity index (χ1n) is 2.48. The van der Waals surface area contributed by atoms with Crippen molar-refractivity contribution in [1.29, 1.82) is 0 Å². The van der Waals surface area contributed by atoms with Crippen molar-refractivity contribution in [3.8, 4) is 0 Å². The zero-order chi connectivity index (χ0) is 8.73. The predicted molar refractivity (Wildman–Crippen MR) is 39.8 cm³/mol. The number of aliphatic carboxylic acids is 2. The summed E-state index contributed by atoms with van der Waals surface area (Å²) in [6, 6.07) is 0. The van der Waals surface area contributed by atoms with E-state index in [0.717, 1.165) is 6.92 Å². The van der Waals surface area contributed by atoms with Gasteiger partial charge in [0.2, 0.25) is 0 Å².